The molecule has 1 amide bonds. The van der Waals surface area contributed by atoms with Crippen molar-refractivity contribution in [3.63, 3.8) is 0 Å². The third-order valence-electron chi connectivity index (χ3n) is 6.22. The quantitative estimate of drug-likeness (QED) is 0.163. The van der Waals surface area contributed by atoms with Crippen molar-refractivity contribution in [1.82, 2.24) is 19.7 Å². The number of benzene rings is 3. The number of nitrogens with one attached hydrogen (secondary N) is 2. The number of carbonyl (C=O) groups is 1. The van der Waals surface area contributed by atoms with Gasteiger partial charge in [0.15, 0.2) is 10.9 Å². The third kappa shape index (κ3) is 6.44. The molecule has 0 bridgehead atoms. The van der Waals surface area contributed by atoms with Crippen molar-refractivity contribution in [2.45, 2.75) is 17.1 Å². The van der Waals surface area contributed by atoms with Crippen LogP contribution in [0.2, 0.25) is 0 Å². The maximum absolute atomic E-state index is 13.9. The van der Waals surface area contributed by atoms with E-state index < -0.39 is 28.9 Å². The number of aromatic amines is 1. The number of hydrogen-bond donors (Lipinski definition) is 2. The molecule has 43 heavy (non-hydrogen) atoms. The molecule has 0 saturated carbocycles. The Morgan fingerprint density at radius 3 is 2.51 bits per heavy atom. The van der Waals surface area contributed by atoms with E-state index in [2.05, 4.69) is 20.4 Å². The van der Waals surface area contributed by atoms with Gasteiger partial charge in [-0.05, 0) is 42.0 Å². The molecule has 13 heteroatoms. The van der Waals surface area contributed by atoms with Gasteiger partial charge in [-0.25, -0.2) is 9.67 Å². The van der Waals surface area contributed by atoms with Crippen molar-refractivity contribution in [2.24, 2.45) is 0 Å². The minimum Gasteiger partial charge on any atom is -0.497 e. The summed E-state index contributed by atoms with van der Waals surface area (Å²) in [6.07, 6.45) is -3.94. The van der Waals surface area contributed by atoms with E-state index in [1.54, 1.807) is 66.7 Å². The number of ether oxygens (including phenoxy) is 1. The van der Waals surface area contributed by atoms with Crippen molar-refractivity contribution in [1.29, 1.82) is 5.26 Å². The Labute approximate surface area is 247 Å². The highest BCUT2D eigenvalue weighted by Crippen LogP contribution is 2.34. The van der Waals surface area contributed by atoms with Crippen molar-refractivity contribution >= 4 is 23.4 Å². The first-order chi connectivity index (χ1) is 20.7. The van der Waals surface area contributed by atoms with Gasteiger partial charge in [-0.15, -0.1) is 0 Å². The Balaban J connectivity index is 1.31. The lowest BCUT2D eigenvalue weighted by atomic mass is 10.1. The lowest BCUT2D eigenvalue weighted by Gasteiger charge is -2.13. The predicted molar refractivity (Wildman–Crippen MR) is 154 cm³/mol. The number of halogens is 3. The number of thioether (sulfide) groups is 1. The van der Waals surface area contributed by atoms with Gasteiger partial charge in [0.1, 0.15) is 17.4 Å². The van der Waals surface area contributed by atoms with Crippen LogP contribution in [0.15, 0.2) is 95.0 Å². The first-order valence-corrected chi connectivity index (χ1v) is 13.6. The van der Waals surface area contributed by atoms with Gasteiger partial charge in [-0.3, -0.25) is 9.59 Å². The summed E-state index contributed by atoms with van der Waals surface area (Å²) in [6, 6.07) is 23.0. The van der Waals surface area contributed by atoms with E-state index in [1.165, 1.54) is 31.0 Å². The number of para-hydroxylation sites is 1. The molecule has 0 atom stereocenters. The first kappa shape index (κ1) is 29.2. The summed E-state index contributed by atoms with van der Waals surface area (Å²) >= 11 is 1.22. The van der Waals surface area contributed by atoms with Gasteiger partial charge in [0.25, 0.3) is 11.5 Å². The highest BCUT2D eigenvalue weighted by molar-refractivity contribution is 7.98. The molecule has 0 radical (unpaired) electrons. The van der Waals surface area contributed by atoms with E-state index in [0.29, 0.717) is 21.7 Å². The van der Waals surface area contributed by atoms with Crippen LogP contribution < -0.4 is 15.6 Å². The molecule has 3 aromatic carbocycles. The summed E-state index contributed by atoms with van der Waals surface area (Å²) in [5.74, 6) is -0.0477. The van der Waals surface area contributed by atoms with E-state index in [9.17, 15) is 28.0 Å². The van der Waals surface area contributed by atoms with Crippen LogP contribution in [0, 0.1) is 11.3 Å². The van der Waals surface area contributed by atoms with Crippen molar-refractivity contribution in [2.75, 3.05) is 12.4 Å². The van der Waals surface area contributed by atoms with Crippen LogP contribution in [-0.2, 0) is 11.9 Å². The van der Waals surface area contributed by atoms with Crippen LogP contribution in [0.4, 0.5) is 18.9 Å². The fraction of sp³-hybridized carbons (Fsp3) is 0.100. The minimum absolute atomic E-state index is 0.124. The molecule has 5 aromatic rings. The van der Waals surface area contributed by atoms with Gasteiger partial charge in [0.05, 0.1) is 30.3 Å². The normalized spacial score (nSPS) is 11.1. The van der Waals surface area contributed by atoms with E-state index in [4.69, 9.17) is 4.74 Å². The molecule has 0 aliphatic rings. The predicted octanol–water partition coefficient (Wildman–Crippen LogP) is 6.07. The third-order valence-corrected chi connectivity index (χ3v) is 7.17. The molecule has 0 saturated heterocycles. The number of H-pyrrole nitrogens is 1. The number of methoxy groups -OCH3 is 1. The van der Waals surface area contributed by atoms with Crippen LogP contribution in [-0.4, -0.2) is 32.8 Å². The number of nitrogens with zero attached hydrogens (tertiary/aromatic N) is 4. The number of rotatable bonds is 8. The number of anilines is 1. The Hall–Kier alpha value is -5.35. The van der Waals surface area contributed by atoms with Crippen LogP contribution in [0.25, 0.3) is 16.9 Å². The molecule has 9 nitrogen and oxygen atoms in total. The van der Waals surface area contributed by atoms with Gasteiger partial charge in [0, 0.05) is 17.0 Å². The Morgan fingerprint density at radius 1 is 1.09 bits per heavy atom. The monoisotopic (exact) mass is 602 g/mol. The smallest absolute Gasteiger partial charge is 0.434 e. The van der Waals surface area contributed by atoms with Gasteiger partial charge in [-0.2, -0.15) is 23.5 Å². The van der Waals surface area contributed by atoms with Gasteiger partial charge in [-0.1, -0.05) is 54.2 Å². The minimum atomic E-state index is -4.83. The van der Waals surface area contributed by atoms with Crippen molar-refractivity contribution in [3.05, 3.63) is 118 Å². The van der Waals surface area contributed by atoms with Gasteiger partial charge < -0.3 is 15.0 Å². The largest absolute Gasteiger partial charge is 0.497 e. The van der Waals surface area contributed by atoms with Gasteiger partial charge >= 0.3 is 6.18 Å². The summed E-state index contributed by atoms with van der Waals surface area (Å²) < 4.78 is 47.7. The van der Waals surface area contributed by atoms with Crippen LogP contribution in [0.5, 0.6) is 5.75 Å². The molecular weight excluding hydrogens is 581 g/mol. The maximum Gasteiger partial charge on any atom is 0.434 e. The summed E-state index contributed by atoms with van der Waals surface area (Å²) in [5.41, 5.74) is -0.489. The Bertz CT molecular complexity index is 1880. The Morgan fingerprint density at radius 2 is 1.84 bits per heavy atom. The molecule has 0 spiro atoms. The molecule has 5 rings (SSSR count). The number of nitriles is 1. The van der Waals surface area contributed by atoms with Crippen LogP contribution in [0.1, 0.15) is 27.2 Å². The van der Waals surface area contributed by atoms with Gasteiger partial charge in [0.2, 0.25) is 0 Å². The van der Waals surface area contributed by atoms with Crippen molar-refractivity contribution in [3.8, 4) is 28.8 Å². The fourth-order valence-electron chi connectivity index (χ4n) is 4.19. The summed E-state index contributed by atoms with van der Waals surface area (Å²) in [7, 11) is 1.51. The van der Waals surface area contributed by atoms with E-state index in [1.807, 2.05) is 6.07 Å². The zero-order chi connectivity index (χ0) is 30.6. The first-order valence-electron chi connectivity index (χ1n) is 12.6. The molecule has 2 heterocycles. The second-order valence-corrected chi connectivity index (χ2v) is 9.99. The second-order valence-electron chi connectivity index (χ2n) is 9.03. The summed E-state index contributed by atoms with van der Waals surface area (Å²) in [6.45, 7) is 0. The number of carbonyl (C=O) groups excluding carboxylic acids is 1. The highest BCUT2D eigenvalue weighted by atomic mass is 32.2. The van der Waals surface area contributed by atoms with Crippen LogP contribution in [0.3, 0.4) is 0 Å². The standard InChI is InChI=1S/C30H21F3N6O3S/c1-42-22-9-5-6-19(14-22)25-23(15-34)27(40)38-29(37-25)43-17-18-10-12-20(13-11-18)36-28(41)24-16-35-39(26(24)30(31,32)33)21-7-3-2-4-8-21/h2-14,16H,17H2,1H3,(H,36,41)(H,37,38,40). The molecule has 0 aliphatic heterocycles. The van der Waals surface area contributed by atoms with E-state index in [-0.39, 0.29) is 27.8 Å². The fourth-order valence-corrected chi connectivity index (χ4v) is 5.01. The van der Waals surface area contributed by atoms with E-state index >= 15 is 0 Å². The highest BCUT2D eigenvalue weighted by Gasteiger charge is 2.40. The molecule has 0 aliphatic carbocycles. The molecule has 216 valence electrons. The zero-order valence-corrected chi connectivity index (χ0v) is 23.2. The molecule has 2 aromatic heterocycles. The summed E-state index contributed by atoms with van der Waals surface area (Å²) in [5, 5.41) is 16.1. The SMILES string of the molecule is COc1cccc(-c2nc(SCc3ccc(NC(=O)c4cnn(-c5ccccc5)c4C(F)(F)F)cc3)[nH]c(=O)c2C#N)c1. The topological polar surface area (TPSA) is 126 Å². The number of aromatic nitrogens is 4. The average Bonchev–Trinajstić information content (AvgIpc) is 3.48. The second kappa shape index (κ2) is 12.3. The molecule has 0 fully saturated rings. The zero-order valence-electron chi connectivity index (χ0n) is 22.3. The maximum atomic E-state index is 13.9. The molecular formula is C30H21F3N6O3S. The number of alkyl halides is 3. The molecule has 0 unspecified atom stereocenters. The Kier molecular flexibility index (Phi) is 8.31. The number of hydrogen-bond acceptors (Lipinski definition) is 7. The van der Waals surface area contributed by atoms with Crippen molar-refractivity contribution < 1.29 is 22.7 Å². The summed E-state index contributed by atoms with van der Waals surface area (Å²) in [4.78, 5) is 32.5. The number of amides is 1. The lowest BCUT2D eigenvalue weighted by Crippen LogP contribution is -2.20. The lowest BCUT2D eigenvalue weighted by molar-refractivity contribution is -0.143. The average molecular weight is 603 g/mol. The van der Waals surface area contributed by atoms with Crippen LogP contribution >= 0.6 is 11.8 Å². The van der Waals surface area contributed by atoms with E-state index in [0.717, 1.165) is 11.8 Å². The molecule has 2 N–H and O–H groups in total.